The van der Waals surface area contributed by atoms with E-state index in [0.717, 1.165) is 5.39 Å². The maximum absolute atomic E-state index is 11.3. The van der Waals surface area contributed by atoms with Gasteiger partial charge in [0.2, 0.25) is 0 Å². The monoisotopic (exact) mass is 218 g/mol. The first-order valence-electron chi connectivity index (χ1n) is 5.32. The smallest absolute Gasteiger partial charge is 0.339 e. The third kappa shape index (κ3) is 2.24. The lowest BCUT2D eigenvalue weighted by Crippen LogP contribution is -2.07. The van der Waals surface area contributed by atoms with E-state index in [4.69, 9.17) is 9.15 Å². The summed E-state index contributed by atoms with van der Waals surface area (Å²) in [6, 6.07) is 8.76. The number of fused-ring (bicyclic) bond motifs is 1. The van der Waals surface area contributed by atoms with E-state index in [1.54, 1.807) is 6.07 Å². The average molecular weight is 218 g/mol. The summed E-state index contributed by atoms with van der Waals surface area (Å²) in [5.41, 5.74) is 0.186. The van der Waals surface area contributed by atoms with Crippen molar-refractivity contribution in [2.75, 3.05) is 6.61 Å². The van der Waals surface area contributed by atoms with Crippen LogP contribution in [0.4, 0.5) is 0 Å². The fourth-order valence-electron chi connectivity index (χ4n) is 1.46. The van der Waals surface area contributed by atoms with E-state index in [1.165, 1.54) is 6.07 Å². The molecular weight excluding hydrogens is 204 g/mol. The fourth-order valence-corrected chi connectivity index (χ4v) is 1.46. The Morgan fingerprint density at radius 3 is 2.81 bits per heavy atom. The van der Waals surface area contributed by atoms with Gasteiger partial charge in [0.15, 0.2) is 0 Å². The maximum Gasteiger partial charge on any atom is 0.339 e. The van der Waals surface area contributed by atoms with Crippen LogP contribution in [0, 0.1) is 5.92 Å². The zero-order valence-corrected chi connectivity index (χ0v) is 9.40. The largest absolute Gasteiger partial charge is 0.492 e. The molecule has 3 nitrogen and oxygen atoms in total. The molecule has 0 fully saturated rings. The molecule has 0 unspecified atom stereocenters. The van der Waals surface area contributed by atoms with Crippen molar-refractivity contribution >= 4 is 11.0 Å². The number of rotatable bonds is 3. The molecule has 0 saturated carbocycles. The van der Waals surface area contributed by atoms with Crippen molar-refractivity contribution < 1.29 is 9.15 Å². The topological polar surface area (TPSA) is 39.4 Å². The molecule has 0 aliphatic heterocycles. The highest BCUT2D eigenvalue weighted by molar-refractivity contribution is 5.82. The van der Waals surface area contributed by atoms with Crippen LogP contribution < -0.4 is 10.4 Å². The van der Waals surface area contributed by atoms with Crippen molar-refractivity contribution in [1.82, 2.24) is 0 Å². The van der Waals surface area contributed by atoms with Gasteiger partial charge in [-0.05, 0) is 18.1 Å². The van der Waals surface area contributed by atoms with Gasteiger partial charge in [-0.25, -0.2) is 4.79 Å². The highest BCUT2D eigenvalue weighted by Gasteiger charge is 2.06. The molecule has 2 rings (SSSR count). The molecule has 0 spiro atoms. The molecule has 1 aromatic carbocycles. The Kier molecular flexibility index (Phi) is 2.95. The van der Waals surface area contributed by atoms with Gasteiger partial charge in [-0.3, -0.25) is 0 Å². The van der Waals surface area contributed by atoms with Gasteiger partial charge in [-0.2, -0.15) is 0 Å². The quantitative estimate of drug-likeness (QED) is 0.743. The first kappa shape index (κ1) is 10.7. The van der Waals surface area contributed by atoms with Crippen LogP contribution in [0.15, 0.2) is 39.5 Å². The van der Waals surface area contributed by atoms with Crippen LogP contribution in [-0.4, -0.2) is 6.61 Å². The lowest BCUT2D eigenvalue weighted by molar-refractivity contribution is 0.272. The van der Waals surface area contributed by atoms with Crippen molar-refractivity contribution in [2.45, 2.75) is 13.8 Å². The molecule has 3 heteroatoms. The summed E-state index contributed by atoms with van der Waals surface area (Å²) in [4.78, 5) is 11.3. The minimum atomic E-state index is -0.377. The zero-order chi connectivity index (χ0) is 11.5. The van der Waals surface area contributed by atoms with Crippen LogP contribution in [0.3, 0.4) is 0 Å². The number of ether oxygens (including phenoxy) is 1. The van der Waals surface area contributed by atoms with E-state index in [9.17, 15) is 4.79 Å². The second-order valence-corrected chi connectivity index (χ2v) is 4.13. The molecular formula is C13H14O3. The predicted octanol–water partition coefficient (Wildman–Crippen LogP) is 2.83. The van der Waals surface area contributed by atoms with Gasteiger partial charge < -0.3 is 9.15 Å². The lowest BCUT2D eigenvalue weighted by Gasteiger charge is -2.09. The van der Waals surface area contributed by atoms with Crippen molar-refractivity contribution in [3.8, 4) is 5.75 Å². The van der Waals surface area contributed by atoms with Gasteiger partial charge >= 0.3 is 5.63 Å². The maximum atomic E-state index is 11.3. The van der Waals surface area contributed by atoms with Crippen LogP contribution in [0.25, 0.3) is 11.0 Å². The highest BCUT2D eigenvalue weighted by Crippen LogP contribution is 2.23. The third-order valence-electron chi connectivity index (χ3n) is 2.18. The lowest BCUT2D eigenvalue weighted by atomic mass is 10.2. The van der Waals surface area contributed by atoms with Gasteiger partial charge in [0.25, 0.3) is 0 Å². The van der Waals surface area contributed by atoms with E-state index in [2.05, 4.69) is 13.8 Å². The fraction of sp³-hybridized carbons (Fsp3) is 0.308. The standard InChI is InChI=1S/C13H14O3/c1-9(2)8-15-12-7-13(14)16-11-6-4-3-5-10(11)12/h3-7,9H,8H2,1-2H3. The Labute approximate surface area is 93.7 Å². The predicted molar refractivity (Wildman–Crippen MR) is 62.8 cm³/mol. The second kappa shape index (κ2) is 4.39. The molecule has 0 bridgehead atoms. The van der Waals surface area contributed by atoms with Crippen molar-refractivity contribution in [3.63, 3.8) is 0 Å². The number of benzene rings is 1. The molecule has 16 heavy (non-hydrogen) atoms. The summed E-state index contributed by atoms with van der Waals surface area (Å²) in [7, 11) is 0. The van der Waals surface area contributed by atoms with E-state index in [1.807, 2.05) is 18.2 Å². The Hall–Kier alpha value is -1.77. The minimum Gasteiger partial charge on any atom is -0.492 e. The molecule has 0 N–H and O–H groups in total. The van der Waals surface area contributed by atoms with Crippen LogP contribution in [-0.2, 0) is 0 Å². The summed E-state index contributed by atoms with van der Waals surface area (Å²) >= 11 is 0. The summed E-state index contributed by atoms with van der Waals surface area (Å²) in [6.07, 6.45) is 0. The van der Waals surface area contributed by atoms with Gasteiger partial charge in [0, 0.05) is 0 Å². The van der Waals surface area contributed by atoms with Crippen molar-refractivity contribution in [2.24, 2.45) is 5.92 Å². The Morgan fingerprint density at radius 1 is 1.31 bits per heavy atom. The highest BCUT2D eigenvalue weighted by atomic mass is 16.5. The van der Waals surface area contributed by atoms with Gasteiger partial charge in [0.1, 0.15) is 11.3 Å². The molecule has 0 aliphatic carbocycles. The van der Waals surface area contributed by atoms with Crippen LogP contribution in [0.2, 0.25) is 0 Å². The van der Waals surface area contributed by atoms with Crippen LogP contribution >= 0.6 is 0 Å². The first-order chi connectivity index (χ1) is 7.66. The second-order valence-electron chi connectivity index (χ2n) is 4.13. The Balaban J connectivity index is 2.46. The van der Waals surface area contributed by atoms with Crippen molar-refractivity contribution in [3.05, 3.63) is 40.8 Å². The minimum absolute atomic E-state index is 0.377. The molecule has 1 aromatic heterocycles. The van der Waals surface area contributed by atoms with Crippen LogP contribution in [0.5, 0.6) is 5.75 Å². The van der Waals surface area contributed by atoms with E-state index >= 15 is 0 Å². The SMILES string of the molecule is CC(C)COc1cc(=O)oc2ccccc12. The number of hydrogen-bond acceptors (Lipinski definition) is 3. The van der Waals surface area contributed by atoms with Crippen molar-refractivity contribution in [1.29, 1.82) is 0 Å². The van der Waals surface area contributed by atoms with E-state index < -0.39 is 0 Å². The average Bonchev–Trinajstić information content (AvgIpc) is 2.25. The van der Waals surface area contributed by atoms with E-state index in [0.29, 0.717) is 23.9 Å². The summed E-state index contributed by atoms with van der Waals surface area (Å²) in [6.45, 7) is 4.72. The molecule has 0 aliphatic rings. The Bertz CT molecular complexity index is 540. The third-order valence-corrected chi connectivity index (χ3v) is 2.18. The van der Waals surface area contributed by atoms with Gasteiger partial charge in [-0.15, -0.1) is 0 Å². The number of hydrogen-bond donors (Lipinski definition) is 0. The molecule has 0 atom stereocenters. The summed E-state index contributed by atoms with van der Waals surface area (Å²) < 4.78 is 10.7. The van der Waals surface area contributed by atoms with Gasteiger partial charge in [-0.1, -0.05) is 26.0 Å². The molecule has 1 heterocycles. The first-order valence-corrected chi connectivity index (χ1v) is 5.32. The molecule has 0 saturated heterocycles. The molecule has 0 radical (unpaired) electrons. The number of para-hydroxylation sites is 1. The summed E-state index contributed by atoms with van der Waals surface area (Å²) in [5.74, 6) is 1.02. The van der Waals surface area contributed by atoms with Gasteiger partial charge in [0.05, 0.1) is 18.1 Å². The van der Waals surface area contributed by atoms with E-state index in [-0.39, 0.29) is 5.63 Å². The molecule has 84 valence electrons. The normalized spacial score (nSPS) is 10.9. The molecule has 0 amide bonds. The van der Waals surface area contributed by atoms with Crippen LogP contribution in [0.1, 0.15) is 13.8 Å². The summed E-state index contributed by atoms with van der Waals surface area (Å²) in [5, 5.41) is 0.836. The zero-order valence-electron chi connectivity index (χ0n) is 9.40. The molecule has 2 aromatic rings. The Morgan fingerprint density at radius 2 is 2.06 bits per heavy atom.